The van der Waals surface area contributed by atoms with Crippen LogP contribution in [0.2, 0.25) is 0 Å². The van der Waals surface area contributed by atoms with Crippen molar-refractivity contribution in [2.45, 2.75) is 31.6 Å². The molecule has 0 radical (unpaired) electrons. The molecule has 2 heterocycles. The molecular formula is C19H23N3O3S. The fourth-order valence-electron chi connectivity index (χ4n) is 3.18. The molecule has 138 valence electrons. The number of amides is 1. The van der Waals surface area contributed by atoms with Gasteiger partial charge in [-0.3, -0.25) is 9.48 Å². The smallest absolute Gasteiger partial charge is 0.338 e. The highest BCUT2D eigenvalue weighted by molar-refractivity contribution is 7.99. The number of carboxylic acids is 1. The molecule has 0 bridgehead atoms. The Labute approximate surface area is 157 Å². The van der Waals surface area contributed by atoms with E-state index in [1.54, 1.807) is 22.6 Å². The number of hydrogen-bond acceptors (Lipinski definition) is 4. The molecule has 1 aliphatic rings. The van der Waals surface area contributed by atoms with E-state index >= 15 is 0 Å². The molecule has 26 heavy (non-hydrogen) atoms. The van der Waals surface area contributed by atoms with E-state index in [0.717, 1.165) is 18.6 Å². The number of carbonyl (C=O) groups is 2. The maximum atomic E-state index is 12.4. The fraction of sp³-hybridized carbons (Fsp3) is 0.421. The van der Waals surface area contributed by atoms with Gasteiger partial charge in [-0.25, -0.2) is 4.79 Å². The zero-order chi connectivity index (χ0) is 18.5. The molecule has 1 N–H and O–H groups in total. The first-order valence-electron chi connectivity index (χ1n) is 8.71. The Morgan fingerprint density at radius 1 is 1.31 bits per heavy atom. The van der Waals surface area contributed by atoms with Crippen molar-refractivity contribution < 1.29 is 14.7 Å². The van der Waals surface area contributed by atoms with Crippen LogP contribution in [0.5, 0.6) is 0 Å². The van der Waals surface area contributed by atoms with Crippen molar-refractivity contribution in [3.8, 4) is 0 Å². The summed E-state index contributed by atoms with van der Waals surface area (Å²) in [5, 5.41) is 13.1. The summed E-state index contributed by atoms with van der Waals surface area (Å²) >= 11 is 1.65. The van der Waals surface area contributed by atoms with E-state index in [1.807, 2.05) is 11.0 Å². The second-order valence-corrected chi connectivity index (χ2v) is 7.59. The summed E-state index contributed by atoms with van der Waals surface area (Å²) in [6.45, 7) is 3.45. The van der Waals surface area contributed by atoms with Crippen molar-refractivity contribution in [2.24, 2.45) is 0 Å². The fourth-order valence-corrected chi connectivity index (χ4v) is 4.05. The summed E-state index contributed by atoms with van der Waals surface area (Å²) in [5.41, 5.74) is 2.69. The molecule has 0 unspecified atom stereocenters. The Balaban J connectivity index is 1.43. The number of nitrogens with zero attached hydrogens (tertiary/aromatic N) is 3. The van der Waals surface area contributed by atoms with Crippen molar-refractivity contribution in [3.05, 3.63) is 53.3 Å². The lowest BCUT2D eigenvalue weighted by molar-refractivity contribution is -0.129. The van der Waals surface area contributed by atoms with Gasteiger partial charge >= 0.3 is 5.97 Å². The zero-order valence-corrected chi connectivity index (χ0v) is 15.6. The van der Waals surface area contributed by atoms with E-state index in [1.165, 1.54) is 17.3 Å². The number of hydrogen-bond donors (Lipinski definition) is 1. The van der Waals surface area contributed by atoms with E-state index in [-0.39, 0.29) is 17.5 Å². The molecule has 1 aliphatic heterocycles. The van der Waals surface area contributed by atoms with Crippen LogP contribution in [-0.2, 0) is 10.5 Å². The molecular weight excluding hydrogens is 350 g/mol. The average Bonchev–Trinajstić information content (AvgIpc) is 3.12. The maximum Gasteiger partial charge on any atom is 0.338 e. The van der Waals surface area contributed by atoms with Gasteiger partial charge in [0.15, 0.2) is 0 Å². The van der Waals surface area contributed by atoms with Crippen molar-refractivity contribution in [2.75, 3.05) is 18.8 Å². The number of aromatic nitrogens is 2. The Morgan fingerprint density at radius 3 is 2.73 bits per heavy atom. The Morgan fingerprint density at radius 2 is 2.08 bits per heavy atom. The van der Waals surface area contributed by atoms with Gasteiger partial charge in [0.25, 0.3) is 0 Å². The Hall–Kier alpha value is -2.28. The second-order valence-electron chi connectivity index (χ2n) is 6.61. The topological polar surface area (TPSA) is 75.4 Å². The van der Waals surface area contributed by atoms with Crippen molar-refractivity contribution in [1.29, 1.82) is 0 Å². The number of rotatable bonds is 6. The third-order valence-electron chi connectivity index (χ3n) is 4.62. The lowest BCUT2D eigenvalue weighted by atomic mass is 10.1. The summed E-state index contributed by atoms with van der Waals surface area (Å²) in [4.78, 5) is 25.3. The van der Waals surface area contributed by atoms with Crippen molar-refractivity contribution >= 4 is 23.6 Å². The van der Waals surface area contributed by atoms with Crippen LogP contribution in [-0.4, -0.2) is 50.5 Å². The third kappa shape index (κ3) is 4.66. The molecule has 2 aromatic rings. The van der Waals surface area contributed by atoms with Crippen LogP contribution in [0.25, 0.3) is 0 Å². The molecule has 0 atom stereocenters. The largest absolute Gasteiger partial charge is 0.478 e. The number of carboxylic acid groups (broad SMARTS) is 1. The number of likely N-dealkylation sites (tertiary alicyclic amines) is 1. The minimum atomic E-state index is -0.963. The number of piperidine rings is 1. The van der Waals surface area contributed by atoms with Gasteiger partial charge in [0, 0.05) is 25.0 Å². The minimum Gasteiger partial charge on any atom is -0.478 e. The molecule has 0 saturated carbocycles. The quantitative estimate of drug-likeness (QED) is 0.842. The van der Waals surface area contributed by atoms with Gasteiger partial charge < -0.3 is 10.0 Å². The van der Waals surface area contributed by atoms with E-state index in [4.69, 9.17) is 5.11 Å². The SMILES string of the molecule is Cc1cccc(CSCC(=O)N2CCC(n3cc(C(=O)O)cn3)CC2)c1. The number of aromatic carboxylic acids is 1. The van der Waals surface area contributed by atoms with Gasteiger partial charge in [0.05, 0.1) is 23.6 Å². The summed E-state index contributed by atoms with van der Waals surface area (Å²) in [6.07, 6.45) is 4.55. The van der Waals surface area contributed by atoms with Crippen molar-refractivity contribution in [3.63, 3.8) is 0 Å². The lowest BCUT2D eigenvalue weighted by Gasteiger charge is -2.32. The number of aryl methyl sites for hydroxylation is 1. The van der Waals surface area contributed by atoms with Gasteiger partial charge in [-0.1, -0.05) is 29.8 Å². The molecule has 0 aliphatic carbocycles. The van der Waals surface area contributed by atoms with Gasteiger partial charge in [0.1, 0.15) is 0 Å². The zero-order valence-electron chi connectivity index (χ0n) is 14.8. The maximum absolute atomic E-state index is 12.4. The minimum absolute atomic E-state index is 0.159. The lowest BCUT2D eigenvalue weighted by Crippen LogP contribution is -2.40. The molecule has 1 fully saturated rings. The number of carbonyl (C=O) groups excluding carboxylic acids is 1. The van der Waals surface area contributed by atoms with Crippen LogP contribution in [0.4, 0.5) is 0 Å². The molecule has 1 saturated heterocycles. The highest BCUT2D eigenvalue weighted by atomic mass is 32.2. The molecule has 1 aromatic carbocycles. The molecule has 1 amide bonds. The summed E-state index contributed by atoms with van der Waals surface area (Å²) < 4.78 is 1.72. The van der Waals surface area contributed by atoms with Crippen molar-refractivity contribution in [1.82, 2.24) is 14.7 Å². The van der Waals surface area contributed by atoms with Gasteiger partial charge in [-0.2, -0.15) is 5.10 Å². The van der Waals surface area contributed by atoms with Crippen LogP contribution in [0.3, 0.4) is 0 Å². The van der Waals surface area contributed by atoms with E-state index in [0.29, 0.717) is 18.8 Å². The standard InChI is InChI=1S/C19H23N3O3S/c1-14-3-2-4-15(9-14)12-26-13-18(23)21-7-5-17(6-8-21)22-11-16(10-20-22)19(24)25/h2-4,9-11,17H,5-8,12-13H2,1H3,(H,24,25). The molecule has 0 spiro atoms. The van der Waals surface area contributed by atoms with Crippen LogP contribution in [0.1, 0.15) is 40.4 Å². The van der Waals surface area contributed by atoms with Crippen LogP contribution in [0, 0.1) is 6.92 Å². The Bertz CT molecular complexity index is 782. The van der Waals surface area contributed by atoms with Crippen LogP contribution in [0.15, 0.2) is 36.7 Å². The first-order chi connectivity index (χ1) is 12.5. The Kier molecular flexibility index (Phi) is 5.98. The highest BCUT2D eigenvalue weighted by Crippen LogP contribution is 2.23. The van der Waals surface area contributed by atoms with Gasteiger partial charge in [-0.15, -0.1) is 11.8 Å². The van der Waals surface area contributed by atoms with Gasteiger partial charge in [0.2, 0.25) is 5.91 Å². The van der Waals surface area contributed by atoms with E-state index in [9.17, 15) is 9.59 Å². The van der Waals surface area contributed by atoms with Gasteiger partial charge in [-0.05, 0) is 25.3 Å². The number of thioether (sulfide) groups is 1. The molecule has 6 nitrogen and oxygen atoms in total. The summed E-state index contributed by atoms with van der Waals surface area (Å²) in [6, 6.07) is 8.52. The predicted octanol–water partition coefficient (Wildman–Crippen LogP) is 2.99. The first-order valence-corrected chi connectivity index (χ1v) is 9.87. The third-order valence-corrected chi connectivity index (χ3v) is 5.61. The molecule has 7 heteroatoms. The van der Waals surface area contributed by atoms with Crippen LogP contribution < -0.4 is 0 Å². The van der Waals surface area contributed by atoms with Crippen LogP contribution >= 0.6 is 11.8 Å². The molecule has 3 rings (SSSR count). The monoisotopic (exact) mass is 373 g/mol. The first kappa shape index (κ1) is 18.5. The number of benzene rings is 1. The predicted molar refractivity (Wildman–Crippen MR) is 101 cm³/mol. The second kappa shape index (κ2) is 8.40. The molecule has 1 aromatic heterocycles. The average molecular weight is 373 g/mol. The normalized spacial score (nSPS) is 15.2. The highest BCUT2D eigenvalue weighted by Gasteiger charge is 2.24. The van der Waals surface area contributed by atoms with E-state index in [2.05, 4.69) is 30.2 Å². The summed E-state index contributed by atoms with van der Waals surface area (Å²) in [5.74, 6) is 0.542. The summed E-state index contributed by atoms with van der Waals surface area (Å²) in [7, 11) is 0. The van der Waals surface area contributed by atoms with E-state index < -0.39 is 5.97 Å².